The number of hydrogen-bond acceptors (Lipinski definition) is 3. The van der Waals surface area contributed by atoms with Gasteiger partial charge in [0.2, 0.25) is 0 Å². The molecule has 0 radical (unpaired) electrons. The van der Waals surface area contributed by atoms with Gasteiger partial charge in [-0.15, -0.1) is 0 Å². The molecule has 0 saturated heterocycles. The van der Waals surface area contributed by atoms with Crippen molar-refractivity contribution in [2.45, 2.75) is 52.5 Å². The predicted octanol–water partition coefficient (Wildman–Crippen LogP) is 3.46. The number of hydrogen-bond donors (Lipinski definition) is 1. The minimum absolute atomic E-state index is 0.880. The van der Waals surface area contributed by atoms with E-state index in [-0.39, 0.29) is 0 Å². The Hall–Kier alpha value is -0.930. The van der Waals surface area contributed by atoms with Gasteiger partial charge in [-0.1, -0.05) is 32.8 Å². The quantitative estimate of drug-likeness (QED) is 0.593. The smallest absolute Gasteiger partial charge is 0.0541 e. The van der Waals surface area contributed by atoms with Crippen molar-refractivity contribution in [3.05, 3.63) is 30.1 Å². The molecule has 0 aliphatic carbocycles. The van der Waals surface area contributed by atoms with E-state index in [4.69, 9.17) is 0 Å². The first-order valence-corrected chi connectivity index (χ1v) is 8.19. The van der Waals surface area contributed by atoms with Crippen molar-refractivity contribution in [1.29, 1.82) is 0 Å². The van der Waals surface area contributed by atoms with Crippen LogP contribution in [-0.2, 0) is 6.54 Å². The van der Waals surface area contributed by atoms with Crippen LogP contribution in [0.4, 0.5) is 0 Å². The Morgan fingerprint density at radius 1 is 1.00 bits per heavy atom. The van der Waals surface area contributed by atoms with E-state index in [1.54, 1.807) is 0 Å². The van der Waals surface area contributed by atoms with Crippen molar-refractivity contribution >= 4 is 0 Å². The Morgan fingerprint density at radius 3 is 2.30 bits per heavy atom. The third-order valence-electron chi connectivity index (χ3n) is 3.52. The van der Waals surface area contributed by atoms with Crippen molar-refractivity contribution < 1.29 is 0 Å². The van der Waals surface area contributed by atoms with Crippen molar-refractivity contribution in [2.24, 2.45) is 0 Å². The molecule has 0 atom stereocenters. The van der Waals surface area contributed by atoms with Gasteiger partial charge in [0.05, 0.1) is 5.69 Å². The molecule has 0 aliphatic rings. The molecular formula is C17H31N3. The average Bonchev–Trinajstić information content (AvgIpc) is 2.50. The molecule has 114 valence electrons. The summed E-state index contributed by atoms with van der Waals surface area (Å²) in [5.74, 6) is 0. The van der Waals surface area contributed by atoms with Gasteiger partial charge >= 0.3 is 0 Å². The largest absolute Gasteiger partial charge is 0.311 e. The number of rotatable bonds is 12. The normalized spacial score (nSPS) is 11.2. The fourth-order valence-electron chi connectivity index (χ4n) is 2.25. The van der Waals surface area contributed by atoms with E-state index in [1.807, 2.05) is 18.3 Å². The third kappa shape index (κ3) is 8.28. The maximum Gasteiger partial charge on any atom is 0.0541 e. The van der Waals surface area contributed by atoms with Gasteiger partial charge in [-0.25, -0.2) is 0 Å². The highest BCUT2D eigenvalue weighted by atomic mass is 15.1. The minimum atomic E-state index is 0.880. The standard InChI is InChI=1S/C17H31N3/c1-3-5-13-20(14-6-4-2)15-9-11-18-16-17-10-7-8-12-19-17/h7-8,10,12,18H,3-6,9,11,13-16H2,1-2H3. The van der Waals surface area contributed by atoms with E-state index in [0.717, 1.165) is 18.8 Å². The molecule has 0 fully saturated rings. The summed E-state index contributed by atoms with van der Waals surface area (Å²) in [6.45, 7) is 10.2. The van der Waals surface area contributed by atoms with Crippen molar-refractivity contribution in [3.8, 4) is 0 Å². The zero-order valence-electron chi connectivity index (χ0n) is 13.3. The fraction of sp³-hybridized carbons (Fsp3) is 0.706. The second-order valence-electron chi connectivity index (χ2n) is 5.40. The van der Waals surface area contributed by atoms with Crippen LogP contribution in [0.15, 0.2) is 24.4 Å². The highest BCUT2D eigenvalue weighted by molar-refractivity contribution is 5.02. The van der Waals surface area contributed by atoms with Crippen LogP contribution in [0, 0.1) is 0 Å². The molecule has 3 nitrogen and oxygen atoms in total. The molecule has 0 bridgehead atoms. The molecule has 1 heterocycles. The molecule has 20 heavy (non-hydrogen) atoms. The van der Waals surface area contributed by atoms with Gasteiger partial charge in [0.1, 0.15) is 0 Å². The van der Waals surface area contributed by atoms with Gasteiger partial charge in [-0.3, -0.25) is 4.98 Å². The summed E-state index contributed by atoms with van der Waals surface area (Å²) in [5.41, 5.74) is 1.13. The third-order valence-corrected chi connectivity index (χ3v) is 3.52. The SMILES string of the molecule is CCCCN(CCCC)CCCNCc1ccccn1. The van der Waals surface area contributed by atoms with Gasteiger partial charge in [-0.05, 0) is 57.6 Å². The summed E-state index contributed by atoms with van der Waals surface area (Å²) < 4.78 is 0. The molecule has 1 aromatic rings. The molecule has 3 heteroatoms. The summed E-state index contributed by atoms with van der Waals surface area (Å²) in [6.07, 6.45) is 8.31. The Balaban J connectivity index is 2.09. The Bertz CT molecular complexity index is 305. The van der Waals surface area contributed by atoms with Crippen LogP contribution in [0.1, 0.15) is 51.6 Å². The molecule has 1 rings (SSSR count). The molecule has 0 saturated carbocycles. The summed E-state index contributed by atoms with van der Waals surface area (Å²) in [7, 11) is 0. The predicted molar refractivity (Wildman–Crippen MR) is 86.8 cm³/mol. The van der Waals surface area contributed by atoms with E-state index in [2.05, 4.69) is 35.1 Å². The van der Waals surface area contributed by atoms with Crippen molar-refractivity contribution in [1.82, 2.24) is 15.2 Å². The second-order valence-corrected chi connectivity index (χ2v) is 5.40. The number of unbranched alkanes of at least 4 members (excludes halogenated alkanes) is 2. The van der Waals surface area contributed by atoms with E-state index >= 15 is 0 Å². The number of aromatic nitrogens is 1. The van der Waals surface area contributed by atoms with Crippen molar-refractivity contribution in [2.75, 3.05) is 26.2 Å². The summed E-state index contributed by atoms with van der Waals surface area (Å²) in [4.78, 5) is 6.94. The molecule has 1 aromatic heterocycles. The van der Waals surface area contributed by atoms with E-state index in [9.17, 15) is 0 Å². The van der Waals surface area contributed by atoms with Gasteiger partial charge in [0.25, 0.3) is 0 Å². The second kappa shape index (κ2) is 11.9. The Labute approximate surface area is 124 Å². The zero-order chi connectivity index (χ0) is 14.5. The van der Waals surface area contributed by atoms with Crippen molar-refractivity contribution in [3.63, 3.8) is 0 Å². The molecule has 0 aromatic carbocycles. The highest BCUT2D eigenvalue weighted by Gasteiger charge is 2.03. The Kier molecular flexibility index (Phi) is 10.2. The molecule has 0 aliphatic heterocycles. The number of nitrogens with zero attached hydrogens (tertiary/aromatic N) is 2. The van der Waals surface area contributed by atoms with Gasteiger partial charge in [0.15, 0.2) is 0 Å². The molecule has 0 unspecified atom stereocenters. The topological polar surface area (TPSA) is 28.2 Å². The highest BCUT2D eigenvalue weighted by Crippen LogP contribution is 2.00. The summed E-state index contributed by atoms with van der Waals surface area (Å²) in [6, 6.07) is 6.08. The number of pyridine rings is 1. The van der Waals surface area contributed by atoms with Gasteiger partial charge in [-0.2, -0.15) is 0 Å². The maximum absolute atomic E-state index is 4.32. The molecule has 1 N–H and O–H groups in total. The lowest BCUT2D eigenvalue weighted by Gasteiger charge is -2.21. The average molecular weight is 277 g/mol. The van der Waals surface area contributed by atoms with Crippen LogP contribution in [0.3, 0.4) is 0 Å². The van der Waals surface area contributed by atoms with Gasteiger partial charge < -0.3 is 10.2 Å². The lowest BCUT2D eigenvalue weighted by atomic mass is 10.2. The first-order valence-electron chi connectivity index (χ1n) is 8.19. The van der Waals surface area contributed by atoms with Crippen LogP contribution in [0.25, 0.3) is 0 Å². The van der Waals surface area contributed by atoms with Crippen LogP contribution >= 0.6 is 0 Å². The monoisotopic (exact) mass is 277 g/mol. The van der Waals surface area contributed by atoms with E-state index in [0.29, 0.717) is 0 Å². The first-order chi connectivity index (χ1) is 9.86. The van der Waals surface area contributed by atoms with Crippen LogP contribution in [-0.4, -0.2) is 36.1 Å². The lowest BCUT2D eigenvalue weighted by molar-refractivity contribution is 0.261. The van der Waals surface area contributed by atoms with E-state index in [1.165, 1.54) is 51.7 Å². The first kappa shape index (κ1) is 17.1. The minimum Gasteiger partial charge on any atom is -0.311 e. The van der Waals surface area contributed by atoms with Gasteiger partial charge in [0, 0.05) is 12.7 Å². The van der Waals surface area contributed by atoms with Crippen LogP contribution in [0.5, 0.6) is 0 Å². The summed E-state index contributed by atoms with van der Waals surface area (Å²) in [5, 5.41) is 3.48. The molecule has 0 amide bonds. The number of nitrogens with one attached hydrogen (secondary N) is 1. The summed E-state index contributed by atoms with van der Waals surface area (Å²) >= 11 is 0. The molecular weight excluding hydrogens is 246 g/mol. The Morgan fingerprint density at radius 2 is 1.70 bits per heavy atom. The zero-order valence-corrected chi connectivity index (χ0v) is 13.3. The van der Waals surface area contributed by atoms with E-state index < -0.39 is 0 Å². The maximum atomic E-state index is 4.32. The van der Waals surface area contributed by atoms with Crippen LogP contribution < -0.4 is 5.32 Å². The lowest BCUT2D eigenvalue weighted by Crippen LogP contribution is -2.29. The van der Waals surface area contributed by atoms with Crippen LogP contribution in [0.2, 0.25) is 0 Å². The molecule has 0 spiro atoms. The fourth-order valence-corrected chi connectivity index (χ4v) is 2.25.